The van der Waals surface area contributed by atoms with Gasteiger partial charge in [0.05, 0.1) is 0 Å². The van der Waals surface area contributed by atoms with Crippen molar-refractivity contribution in [3.8, 4) is 0 Å². The molecule has 0 aliphatic rings. The number of nitrogens with one attached hydrogen (secondary N) is 1. The molecule has 0 bridgehead atoms. The summed E-state index contributed by atoms with van der Waals surface area (Å²) < 4.78 is 13.4. The van der Waals surface area contributed by atoms with Crippen LogP contribution in [-0.2, 0) is 6.54 Å². The van der Waals surface area contributed by atoms with Gasteiger partial charge in [0.2, 0.25) is 0 Å². The van der Waals surface area contributed by atoms with Crippen LogP contribution in [0.4, 0.5) is 10.1 Å². The highest BCUT2D eigenvalue weighted by Crippen LogP contribution is 2.20. The van der Waals surface area contributed by atoms with Crippen LogP contribution in [0.1, 0.15) is 40.1 Å². The molecular formula is C26H28FN3O2. The highest BCUT2D eigenvalue weighted by molar-refractivity contribution is 6.04. The highest BCUT2D eigenvalue weighted by atomic mass is 19.1. The number of carbonyl (C=O) groups excluding carboxylic acids is 2. The van der Waals surface area contributed by atoms with E-state index >= 15 is 0 Å². The highest BCUT2D eigenvalue weighted by Gasteiger charge is 2.24. The van der Waals surface area contributed by atoms with Gasteiger partial charge in [-0.15, -0.1) is 0 Å². The SMILES string of the molecule is CC(C)(CN)CN(Cc1ccc(NC(=O)c2cccc(F)c2)cc1)C(=O)c1ccccc1. The zero-order chi connectivity index (χ0) is 23.1. The van der Waals surface area contributed by atoms with Crippen molar-refractivity contribution in [2.75, 3.05) is 18.4 Å². The van der Waals surface area contributed by atoms with Gasteiger partial charge in [-0.05, 0) is 60.0 Å². The first-order valence-electron chi connectivity index (χ1n) is 10.5. The molecule has 0 spiro atoms. The van der Waals surface area contributed by atoms with Crippen LogP contribution in [0.25, 0.3) is 0 Å². The van der Waals surface area contributed by atoms with Crippen LogP contribution in [0.5, 0.6) is 0 Å². The van der Waals surface area contributed by atoms with E-state index in [4.69, 9.17) is 5.73 Å². The Bertz CT molecular complexity index is 1070. The first-order chi connectivity index (χ1) is 15.3. The third-order valence-electron chi connectivity index (χ3n) is 5.15. The molecule has 6 heteroatoms. The maximum absolute atomic E-state index is 13.4. The lowest BCUT2D eigenvalue weighted by Crippen LogP contribution is -2.41. The summed E-state index contributed by atoms with van der Waals surface area (Å²) in [5.41, 5.74) is 8.06. The predicted octanol–water partition coefficient (Wildman–Crippen LogP) is 4.71. The fourth-order valence-electron chi connectivity index (χ4n) is 3.29. The molecule has 0 fully saturated rings. The lowest BCUT2D eigenvalue weighted by atomic mass is 9.92. The lowest BCUT2D eigenvalue weighted by molar-refractivity contribution is 0.0673. The number of hydrogen-bond acceptors (Lipinski definition) is 3. The maximum Gasteiger partial charge on any atom is 0.255 e. The number of amides is 2. The molecule has 0 aliphatic carbocycles. The molecular weight excluding hydrogens is 405 g/mol. The molecule has 3 aromatic carbocycles. The smallest absolute Gasteiger partial charge is 0.255 e. The number of hydrogen-bond donors (Lipinski definition) is 2. The van der Waals surface area contributed by atoms with Crippen LogP contribution in [-0.4, -0.2) is 29.8 Å². The number of anilines is 1. The number of nitrogens with zero attached hydrogens (tertiary/aromatic N) is 1. The Kier molecular flexibility index (Phi) is 7.38. The summed E-state index contributed by atoms with van der Waals surface area (Å²) in [5, 5.41) is 2.76. The first kappa shape index (κ1) is 23.2. The van der Waals surface area contributed by atoms with Crippen LogP contribution in [0.2, 0.25) is 0 Å². The van der Waals surface area contributed by atoms with Gasteiger partial charge in [0, 0.05) is 29.9 Å². The summed E-state index contributed by atoms with van der Waals surface area (Å²) in [7, 11) is 0. The molecule has 3 N–H and O–H groups in total. The van der Waals surface area contributed by atoms with Gasteiger partial charge < -0.3 is 16.0 Å². The third kappa shape index (κ3) is 6.25. The van der Waals surface area contributed by atoms with Crippen LogP contribution >= 0.6 is 0 Å². The molecule has 0 radical (unpaired) electrons. The number of benzene rings is 3. The van der Waals surface area contributed by atoms with E-state index < -0.39 is 5.82 Å². The van der Waals surface area contributed by atoms with Crippen LogP contribution < -0.4 is 11.1 Å². The molecule has 3 rings (SSSR count). The summed E-state index contributed by atoms with van der Waals surface area (Å²) in [5.74, 6) is -0.907. The van der Waals surface area contributed by atoms with Crippen molar-refractivity contribution in [3.63, 3.8) is 0 Å². The molecule has 166 valence electrons. The monoisotopic (exact) mass is 433 g/mol. The van der Waals surface area contributed by atoms with Gasteiger partial charge in [0.15, 0.2) is 0 Å². The Morgan fingerprint density at radius 1 is 0.938 bits per heavy atom. The second-order valence-electron chi connectivity index (χ2n) is 8.56. The molecule has 32 heavy (non-hydrogen) atoms. The Morgan fingerprint density at radius 2 is 1.59 bits per heavy atom. The molecule has 0 heterocycles. The summed E-state index contributed by atoms with van der Waals surface area (Å²) in [6.07, 6.45) is 0. The Balaban J connectivity index is 1.73. The maximum atomic E-state index is 13.4. The van der Waals surface area contributed by atoms with Crippen molar-refractivity contribution in [3.05, 3.63) is 101 Å². The first-order valence-corrected chi connectivity index (χ1v) is 10.5. The molecule has 0 atom stereocenters. The van der Waals surface area contributed by atoms with Gasteiger partial charge in [0.25, 0.3) is 11.8 Å². The fraction of sp³-hybridized carbons (Fsp3) is 0.231. The van der Waals surface area contributed by atoms with E-state index in [9.17, 15) is 14.0 Å². The summed E-state index contributed by atoms with van der Waals surface area (Å²) in [4.78, 5) is 27.3. The molecule has 0 aromatic heterocycles. The van der Waals surface area contributed by atoms with E-state index in [-0.39, 0.29) is 22.8 Å². The summed E-state index contributed by atoms with van der Waals surface area (Å²) in [6.45, 7) is 5.44. The number of carbonyl (C=O) groups is 2. The zero-order valence-corrected chi connectivity index (χ0v) is 18.3. The van der Waals surface area contributed by atoms with E-state index in [0.717, 1.165) is 5.56 Å². The van der Waals surface area contributed by atoms with E-state index in [1.165, 1.54) is 18.2 Å². The Labute approximate surface area is 188 Å². The number of rotatable bonds is 8. The molecule has 0 saturated heterocycles. The topological polar surface area (TPSA) is 75.4 Å². The van der Waals surface area contributed by atoms with Crippen LogP contribution in [0.3, 0.4) is 0 Å². The quantitative estimate of drug-likeness (QED) is 0.540. The largest absolute Gasteiger partial charge is 0.334 e. The van der Waals surface area contributed by atoms with Crippen LogP contribution in [0, 0.1) is 11.2 Å². The van der Waals surface area contributed by atoms with Gasteiger partial charge in [-0.1, -0.05) is 50.2 Å². The molecule has 0 unspecified atom stereocenters. The van der Waals surface area contributed by atoms with Crippen molar-refractivity contribution >= 4 is 17.5 Å². The van der Waals surface area contributed by atoms with E-state index in [0.29, 0.717) is 30.9 Å². The Hall–Kier alpha value is -3.51. The van der Waals surface area contributed by atoms with E-state index in [1.54, 1.807) is 35.2 Å². The normalized spacial score (nSPS) is 11.1. The van der Waals surface area contributed by atoms with Gasteiger partial charge in [0.1, 0.15) is 5.82 Å². The van der Waals surface area contributed by atoms with Crippen molar-refractivity contribution in [2.24, 2.45) is 11.1 Å². The van der Waals surface area contributed by atoms with Crippen molar-refractivity contribution in [1.82, 2.24) is 4.90 Å². The van der Waals surface area contributed by atoms with E-state index in [2.05, 4.69) is 5.32 Å². The predicted molar refractivity (Wildman–Crippen MR) is 125 cm³/mol. The average molecular weight is 434 g/mol. The minimum Gasteiger partial charge on any atom is -0.334 e. The second-order valence-corrected chi connectivity index (χ2v) is 8.56. The van der Waals surface area contributed by atoms with E-state index in [1.807, 2.05) is 44.2 Å². The minimum atomic E-state index is -0.462. The lowest BCUT2D eigenvalue weighted by Gasteiger charge is -2.32. The minimum absolute atomic E-state index is 0.0596. The summed E-state index contributed by atoms with van der Waals surface area (Å²) >= 11 is 0. The van der Waals surface area contributed by atoms with Crippen LogP contribution in [0.15, 0.2) is 78.9 Å². The van der Waals surface area contributed by atoms with Gasteiger partial charge in [-0.25, -0.2) is 4.39 Å². The number of halogens is 1. The zero-order valence-electron chi connectivity index (χ0n) is 18.3. The van der Waals surface area contributed by atoms with Gasteiger partial charge in [-0.2, -0.15) is 0 Å². The Morgan fingerprint density at radius 3 is 2.22 bits per heavy atom. The average Bonchev–Trinajstić information content (AvgIpc) is 2.80. The van der Waals surface area contributed by atoms with Gasteiger partial charge >= 0.3 is 0 Å². The second kappa shape index (κ2) is 10.2. The molecule has 0 saturated carbocycles. The number of nitrogens with two attached hydrogens (primary N) is 1. The third-order valence-corrected chi connectivity index (χ3v) is 5.15. The fourth-order valence-corrected chi connectivity index (χ4v) is 3.29. The molecule has 2 amide bonds. The molecule has 5 nitrogen and oxygen atoms in total. The standard InChI is InChI=1S/C26H28FN3O2/c1-26(2,17-28)18-30(25(32)20-7-4-3-5-8-20)16-19-11-13-23(14-12-19)29-24(31)21-9-6-10-22(27)15-21/h3-15H,16-18,28H2,1-2H3,(H,29,31). The van der Waals surface area contributed by atoms with Crippen molar-refractivity contribution in [2.45, 2.75) is 20.4 Å². The van der Waals surface area contributed by atoms with Crippen molar-refractivity contribution in [1.29, 1.82) is 0 Å². The summed E-state index contributed by atoms with van der Waals surface area (Å²) in [6, 6.07) is 22.0. The van der Waals surface area contributed by atoms with Crippen molar-refractivity contribution < 1.29 is 14.0 Å². The van der Waals surface area contributed by atoms with Gasteiger partial charge in [-0.3, -0.25) is 9.59 Å². The molecule has 0 aliphatic heterocycles. The molecule has 3 aromatic rings.